The summed E-state index contributed by atoms with van der Waals surface area (Å²) in [5.41, 5.74) is 2.79. The summed E-state index contributed by atoms with van der Waals surface area (Å²) in [6.45, 7) is 0. The van der Waals surface area contributed by atoms with E-state index in [1.807, 2.05) is 6.07 Å². The number of hydrogen-bond donors (Lipinski definition) is 1. The van der Waals surface area contributed by atoms with Gasteiger partial charge in [0.05, 0.1) is 18.0 Å². The number of ether oxygens (including phenoxy) is 1. The van der Waals surface area contributed by atoms with Crippen molar-refractivity contribution in [2.24, 2.45) is 0 Å². The van der Waals surface area contributed by atoms with Crippen LogP contribution in [0.15, 0.2) is 45.4 Å². The van der Waals surface area contributed by atoms with Crippen LogP contribution in [0.2, 0.25) is 0 Å². The lowest BCUT2D eigenvalue weighted by Crippen LogP contribution is -2.38. The molecule has 0 spiro atoms. The van der Waals surface area contributed by atoms with E-state index in [4.69, 9.17) is 4.74 Å². The summed E-state index contributed by atoms with van der Waals surface area (Å²) in [5.74, 6) is -0.390. The highest BCUT2D eigenvalue weighted by atomic mass is 32.2. The number of nitrogens with one attached hydrogen (secondary N) is 1. The Morgan fingerprint density at radius 3 is 2.95 bits per heavy atom. The summed E-state index contributed by atoms with van der Waals surface area (Å²) < 4.78 is 5.98. The van der Waals surface area contributed by atoms with Crippen LogP contribution in [0, 0.1) is 0 Å². The van der Waals surface area contributed by atoms with Crippen molar-refractivity contribution in [1.82, 2.24) is 9.66 Å². The van der Waals surface area contributed by atoms with Crippen LogP contribution < -0.4 is 11.0 Å². The minimum atomic E-state index is -0.390. The lowest BCUT2D eigenvalue weighted by atomic mass is 10.2. The van der Waals surface area contributed by atoms with E-state index < -0.39 is 5.91 Å². The zero-order valence-corrected chi connectivity index (χ0v) is 10.7. The first-order chi connectivity index (χ1) is 9.20. The molecule has 6 nitrogen and oxygen atoms in total. The normalized spacial score (nSPS) is 16.3. The minimum absolute atomic E-state index is 0.294. The van der Waals surface area contributed by atoms with E-state index in [0.29, 0.717) is 21.0 Å². The number of methoxy groups -OCH3 is 1. The van der Waals surface area contributed by atoms with Crippen molar-refractivity contribution in [2.45, 2.75) is 5.16 Å². The first-order valence-corrected chi connectivity index (χ1v) is 6.26. The fourth-order valence-corrected chi connectivity index (χ4v) is 2.61. The standard InChI is InChI=1S/C12H9N3O3S/c1-18-6-9-10(16)14-15-11(17)7-4-2-3-5-8(7)13-12(15)19-9/h2-6H,1H3,(H,14,16)/b9-6+. The third-order valence-electron chi connectivity index (χ3n) is 2.61. The van der Waals surface area contributed by atoms with Crippen LogP contribution >= 0.6 is 11.8 Å². The van der Waals surface area contributed by atoms with Crippen LogP contribution in [0.5, 0.6) is 0 Å². The third-order valence-corrected chi connectivity index (χ3v) is 3.57. The zero-order chi connectivity index (χ0) is 13.4. The fourth-order valence-electron chi connectivity index (χ4n) is 1.77. The minimum Gasteiger partial charge on any atom is -0.503 e. The summed E-state index contributed by atoms with van der Waals surface area (Å²) in [7, 11) is 1.45. The summed E-state index contributed by atoms with van der Waals surface area (Å²) in [6, 6.07) is 7.00. The number of carbonyl (C=O) groups is 1. The van der Waals surface area contributed by atoms with Crippen LogP contribution in [-0.2, 0) is 9.53 Å². The fraction of sp³-hybridized carbons (Fsp3) is 0.0833. The number of amides is 1. The smallest absolute Gasteiger partial charge is 0.281 e. The summed E-state index contributed by atoms with van der Waals surface area (Å²) in [4.78, 5) is 28.7. The molecule has 1 amide bonds. The molecule has 96 valence electrons. The van der Waals surface area contributed by atoms with Gasteiger partial charge in [0, 0.05) is 0 Å². The van der Waals surface area contributed by atoms with E-state index in [2.05, 4.69) is 10.4 Å². The van der Waals surface area contributed by atoms with Crippen LogP contribution in [0.25, 0.3) is 10.9 Å². The van der Waals surface area contributed by atoms with Gasteiger partial charge < -0.3 is 4.74 Å². The van der Waals surface area contributed by atoms with Crippen molar-refractivity contribution < 1.29 is 9.53 Å². The Hall–Kier alpha value is -2.28. The molecule has 2 aromatic rings. The zero-order valence-electron chi connectivity index (χ0n) is 9.91. The second kappa shape index (κ2) is 4.43. The first-order valence-electron chi connectivity index (χ1n) is 5.44. The number of para-hydroxylation sites is 1. The van der Waals surface area contributed by atoms with Gasteiger partial charge in [-0.05, 0) is 23.9 Å². The van der Waals surface area contributed by atoms with Gasteiger partial charge in [0.2, 0.25) is 0 Å². The van der Waals surface area contributed by atoms with Gasteiger partial charge in [-0.3, -0.25) is 15.0 Å². The highest BCUT2D eigenvalue weighted by molar-refractivity contribution is 8.04. The van der Waals surface area contributed by atoms with Crippen molar-refractivity contribution in [2.75, 3.05) is 12.5 Å². The van der Waals surface area contributed by atoms with Gasteiger partial charge in [-0.15, -0.1) is 0 Å². The second-order valence-corrected chi connectivity index (χ2v) is 4.82. The molecule has 1 aliphatic rings. The maximum Gasteiger partial charge on any atom is 0.281 e. The van der Waals surface area contributed by atoms with E-state index in [0.717, 1.165) is 16.4 Å². The second-order valence-electron chi connectivity index (χ2n) is 3.81. The monoisotopic (exact) mass is 275 g/mol. The van der Waals surface area contributed by atoms with Crippen molar-refractivity contribution in [3.8, 4) is 0 Å². The largest absolute Gasteiger partial charge is 0.503 e. The Bertz CT molecular complexity index is 766. The SMILES string of the molecule is CO/C=C1/Sc2nc3ccccc3c(=O)n2NC1=O. The van der Waals surface area contributed by atoms with Gasteiger partial charge in [0.15, 0.2) is 5.16 Å². The maximum atomic E-state index is 12.2. The molecule has 0 bridgehead atoms. The molecule has 0 radical (unpaired) electrons. The molecule has 2 heterocycles. The molecule has 0 atom stereocenters. The van der Waals surface area contributed by atoms with Crippen molar-refractivity contribution in [3.63, 3.8) is 0 Å². The summed E-state index contributed by atoms with van der Waals surface area (Å²) in [5, 5.41) is 0.873. The molecule has 1 N–H and O–H groups in total. The average molecular weight is 275 g/mol. The molecule has 0 unspecified atom stereocenters. The first kappa shape index (κ1) is 11.8. The van der Waals surface area contributed by atoms with Gasteiger partial charge in [-0.1, -0.05) is 12.1 Å². The number of fused-ring (bicyclic) bond motifs is 2. The van der Waals surface area contributed by atoms with Crippen molar-refractivity contribution >= 4 is 28.6 Å². The number of nitrogens with zero attached hydrogens (tertiary/aromatic N) is 2. The molecule has 1 aromatic heterocycles. The van der Waals surface area contributed by atoms with Crippen molar-refractivity contribution in [3.05, 3.63) is 45.8 Å². The molecule has 0 aliphatic carbocycles. The quantitative estimate of drug-likeness (QED) is 0.478. The van der Waals surface area contributed by atoms with Gasteiger partial charge >= 0.3 is 0 Å². The predicted molar refractivity (Wildman–Crippen MR) is 71.3 cm³/mol. The van der Waals surface area contributed by atoms with Gasteiger partial charge in [-0.25, -0.2) is 4.98 Å². The number of carbonyl (C=O) groups excluding carboxylic acids is 1. The highest BCUT2D eigenvalue weighted by Gasteiger charge is 2.24. The molecule has 0 saturated heterocycles. The molecular formula is C12H9N3O3S. The number of aromatic nitrogens is 2. The predicted octanol–water partition coefficient (Wildman–Crippen LogP) is 1.06. The van der Waals surface area contributed by atoms with Gasteiger partial charge in [0.25, 0.3) is 11.5 Å². The lowest BCUT2D eigenvalue weighted by Gasteiger charge is -2.19. The lowest BCUT2D eigenvalue weighted by molar-refractivity contribution is -0.113. The maximum absolute atomic E-state index is 12.2. The number of hydrogen-bond acceptors (Lipinski definition) is 5. The van der Waals surface area contributed by atoms with Gasteiger partial charge in [-0.2, -0.15) is 4.68 Å². The topological polar surface area (TPSA) is 73.2 Å². The Morgan fingerprint density at radius 2 is 2.16 bits per heavy atom. The van der Waals surface area contributed by atoms with E-state index in [9.17, 15) is 9.59 Å². The molecule has 1 aromatic carbocycles. The average Bonchev–Trinajstić information content (AvgIpc) is 2.41. The number of thioether (sulfide) groups is 1. The highest BCUT2D eigenvalue weighted by Crippen LogP contribution is 2.28. The third kappa shape index (κ3) is 1.88. The molecule has 7 heteroatoms. The molecule has 1 aliphatic heterocycles. The molecule has 0 fully saturated rings. The Morgan fingerprint density at radius 1 is 1.37 bits per heavy atom. The molecule has 3 rings (SSSR count). The van der Waals surface area contributed by atoms with Crippen LogP contribution in [0.3, 0.4) is 0 Å². The van der Waals surface area contributed by atoms with E-state index in [1.165, 1.54) is 13.4 Å². The van der Waals surface area contributed by atoms with Gasteiger partial charge in [0.1, 0.15) is 11.2 Å². The number of benzene rings is 1. The Labute approximate surface area is 112 Å². The van der Waals surface area contributed by atoms with Crippen LogP contribution in [-0.4, -0.2) is 22.7 Å². The van der Waals surface area contributed by atoms with E-state index >= 15 is 0 Å². The van der Waals surface area contributed by atoms with E-state index in [1.54, 1.807) is 18.2 Å². The molecule has 0 saturated carbocycles. The summed E-state index contributed by atoms with van der Waals surface area (Å²) in [6.07, 6.45) is 1.32. The Kier molecular flexibility index (Phi) is 2.75. The number of rotatable bonds is 1. The van der Waals surface area contributed by atoms with E-state index in [-0.39, 0.29) is 5.56 Å². The Balaban J connectivity index is 2.24. The van der Waals surface area contributed by atoms with Crippen LogP contribution in [0.1, 0.15) is 0 Å². The molecule has 19 heavy (non-hydrogen) atoms. The molecular weight excluding hydrogens is 266 g/mol. The van der Waals surface area contributed by atoms with Crippen LogP contribution in [0.4, 0.5) is 0 Å². The van der Waals surface area contributed by atoms with Crippen molar-refractivity contribution in [1.29, 1.82) is 0 Å². The summed E-state index contributed by atoms with van der Waals surface area (Å²) >= 11 is 1.09.